The number of rotatable bonds is 6. The van der Waals surface area contributed by atoms with Gasteiger partial charge < -0.3 is 69.7 Å². The van der Waals surface area contributed by atoms with Gasteiger partial charge in [0, 0.05) is 17.7 Å². The van der Waals surface area contributed by atoms with Crippen molar-refractivity contribution < 1.29 is 69.7 Å². The van der Waals surface area contributed by atoms with E-state index in [-0.39, 0.29) is 22.5 Å². The Labute approximate surface area is 236 Å². The zero-order valence-electron chi connectivity index (χ0n) is 21.7. The number of hydrogen-bond acceptors (Lipinski definition) is 15. The zero-order valence-corrected chi connectivity index (χ0v) is 21.7. The Hall–Kier alpha value is -3.35. The van der Waals surface area contributed by atoms with Crippen molar-refractivity contribution in [1.82, 2.24) is 0 Å². The van der Waals surface area contributed by atoms with Gasteiger partial charge in [0.05, 0.1) is 18.8 Å². The quantitative estimate of drug-likeness (QED) is 0.147. The molecule has 228 valence electrons. The monoisotopic (exact) mass is 594 g/mol. The molecule has 10 unspecified atom stereocenters. The number of aliphatic hydroxyl groups is 7. The minimum Gasteiger partial charge on any atom is -0.508 e. The van der Waals surface area contributed by atoms with E-state index in [0.717, 1.165) is 12.1 Å². The summed E-state index contributed by atoms with van der Waals surface area (Å²) in [5.74, 6) is -1.42. The number of phenolic OH excluding ortho intramolecular Hbond substituents is 3. The average molecular weight is 595 g/mol. The van der Waals surface area contributed by atoms with E-state index in [9.17, 15) is 55.9 Å². The molecule has 3 aromatic rings. The lowest BCUT2D eigenvalue weighted by Crippen LogP contribution is -2.60. The summed E-state index contributed by atoms with van der Waals surface area (Å²) in [6, 6.07) is 7.46. The van der Waals surface area contributed by atoms with Crippen LogP contribution in [0.2, 0.25) is 0 Å². The first-order valence-electron chi connectivity index (χ1n) is 12.9. The minimum absolute atomic E-state index is 0.0351. The van der Waals surface area contributed by atoms with Gasteiger partial charge in [0.1, 0.15) is 83.3 Å². The Kier molecular flexibility index (Phi) is 8.41. The van der Waals surface area contributed by atoms with Crippen LogP contribution in [0.15, 0.2) is 45.6 Å². The fraction of sp³-hybridized carbons (Fsp3) is 0.444. The molecule has 0 spiro atoms. The normalized spacial score (nSPS) is 33.6. The maximum atomic E-state index is 13.0. The van der Waals surface area contributed by atoms with Gasteiger partial charge in [-0.2, -0.15) is 0 Å². The Morgan fingerprint density at radius 1 is 0.738 bits per heavy atom. The largest absolute Gasteiger partial charge is 0.508 e. The summed E-state index contributed by atoms with van der Waals surface area (Å²) < 4.78 is 22.4. The van der Waals surface area contributed by atoms with Gasteiger partial charge in [0.25, 0.3) is 0 Å². The van der Waals surface area contributed by atoms with Crippen LogP contribution in [0.1, 0.15) is 11.7 Å². The summed E-state index contributed by atoms with van der Waals surface area (Å²) in [4.78, 5) is 13.0. The number of benzene rings is 2. The van der Waals surface area contributed by atoms with Crippen LogP contribution in [0.4, 0.5) is 0 Å². The third kappa shape index (κ3) is 5.31. The van der Waals surface area contributed by atoms with Crippen LogP contribution in [0.3, 0.4) is 0 Å². The molecule has 3 heterocycles. The molecule has 0 radical (unpaired) electrons. The number of aromatic hydroxyl groups is 3. The van der Waals surface area contributed by atoms with E-state index in [1.54, 1.807) is 0 Å². The molecule has 2 fully saturated rings. The van der Waals surface area contributed by atoms with Gasteiger partial charge in [-0.1, -0.05) is 0 Å². The second kappa shape index (κ2) is 11.7. The van der Waals surface area contributed by atoms with Crippen LogP contribution >= 0.6 is 0 Å². The molecule has 10 N–H and O–H groups in total. The van der Waals surface area contributed by atoms with Gasteiger partial charge in [-0.05, 0) is 24.3 Å². The van der Waals surface area contributed by atoms with Gasteiger partial charge in [-0.25, -0.2) is 0 Å². The standard InChI is InChI=1S/C27H30O15/c28-7-15-19(33)22(36)24(38)27(42-15)39-8-16-20(34)21(35)23(37)26(41-16)18-12(31)5-11(30)17-13(32)6-14(40-25(17)18)9-1-3-10(29)4-2-9/h1-6,15-16,19-24,26-31,33-38H,7-8H2. The van der Waals surface area contributed by atoms with Crippen LogP contribution in [-0.4, -0.2) is 119 Å². The topological polar surface area (TPSA) is 260 Å². The second-order valence-corrected chi connectivity index (χ2v) is 10.2. The van der Waals surface area contributed by atoms with E-state index in [1.165, 1.54) is 24.3 Å². The maximum Gasteiger partial charge on any atom is 0.197 e. The van der Waals surface area contributed by atoms with Crippen LogP contribution in [0.5, 0.6) is 17.2 Å². The van der Waals surface area contributed by atoms with Gasteiger partial charge in [0.2, 0.25) is 0 Å². The number of fused-ring (bicyclic) bond motifs is 1. The summed E-state index contributed by atoms with van der Waals surface area (Å²) in [6.45, 7) is -1.35. The lowest BCUT2D eigenvalue weighted by molar-refractivity contribution is -0.314. The Bertz CT molecular complexity index is 1470. The van der Waals surface area contributed by atoms with Crippen molar-refractivity contribution in [3.63, 3.8) is 0 Å². The molecule has 2 saturated heterocycles. The van der Waals surface area contributed by atoms with E-state index < -0.39 is 97.0 Å². The van der Waals surface area contributed by atoms with E-state index in [0.29, 0.717) is 5.56 Å². The average Bonchev–Trinajstić information content (AvgIpc) is 2.96. The first kappa shape index (κ1) is 30.1. The summed E-state index contributed by atoms with van der Waals surface area (Å²) >= 11 is 0. The van der Waals surface area contributed by atoms with Crippen LogP contribution < -0.4 is 5.43 Å². The molecule has 5 rings (SSSR count). The highest BCUT2D eigenvalue weighted by Crippen LogP contribution is 2.44. The first-order valence-corrected chi connectivity index (χ1v) is 12.9. The van der Waals surface area contributed by atoms with Gasteiger partial charge in [-0.15, -0.1) is 0 Å². The number of phenols is 3. The highest BCUT2D eigenvalue weighted by atomic mass is 16.7. The van der Waals surface area contributed by atoms with Gasteiger partial charge in [0.15, 0.2) is 17.3 Å². The van der Waals surface area contributed by atoms with Crippen molar-refractivity contribution in [2.24, 2.45) is 0 Å². The van der Waals surface area contributed by atoms with Crippen molar-refractivity contribution in [3.05, 3.63) is 52.2 Å². The zero-order chi connectivity index (χ0) is 30.5. The Balaban J connectivity index is 1.50. The van der Waals surface area contributed by atoms with Gasteiger partial charge in [-0.3, -0.25) is 4.79 Å². The fourth-order valence-corrected chi connectivity index (χ4v) is 5.09. The predicted molar refractivity (Wildman–Crippen MR) is 138 cm³/mol. The highest BCUT2D eigenvalue weighted by molar-refractivity contribution is 5.89. The smallest absolute Gasteiger partial charge is 0.197 e. The fourth-order valence-electron chi connectivity index (χ4n) is 5.09. The molecule has 2 aromatic carbocycles. The second-order valence-electron chi connectivity index (χ2n) is 10.2. The minimum atomic E-state index is -1.90. The van der Waals surface area contributed by atoms with Crippen molar-refractivity contribution in [1.29, 1.82) is 0 Å². The molecular weight excluding hydrogens is 564 g/mol. The van der Waals surface area contributed by atoms with Crippen LogP contribution in [-0.2, 0) is 14.2 Å². The molecule has 2 aliphatic heterocycles. The summed E-state index contributed by atoms with van der Waals surface area (Å²) in [5.41, 5.74) is -1.14. The molecule has 15 nitrogen and oxygen atoms in total. The van der Waals surface area contributed by atoms with E-state index in [2.05, 4.69) is 0 Å². The van der Waals surface area contributed by atoms with Crippen molar-refractivity contribution in [2.75, 3.05) is 13.2 Å². The number of hydrogen-bond donors (Lipinski definition) is 10. The molecule has 15 heteroatoms. The molecule has 0 amide bonds. The SMILES string of the molecule is O=c1cc(-c2ccc(O)cc2)oc2c(C3OC(COC4OC(CO)C(O)C(O)C4O)C(O)C(O)C3O)c(O)cc(O)c12. The van der Waals surface area contributed by atoms with Gasteiger partial charge >= 0.3 is 0 Å². The molecular formula is C27H30O15. The summed E-state index contributed by atoms with van der Waals surface area (Å²) in [7, 11) is 0. The van der Waals surface area contributed by atoms with E-state index in [1.807, 2.05) is 0 Å². The molecule has 1 aromatic heterocycles. The van der Waals surface area contributed by atoms with Crippen molar-refractivity contribution in [2.45, 2.75) is 61.2 Å². The predicted octanol–water partition coefficient (Wildman–Crippen LogP) is -2.08. The Morgan fingerprint density at radius 2 is 1.38 bits per heavy atom. The molecule has 0 saturated carbocycles. The Morgan fingerprint density at radius 3 is 2.05 bits per heavy atom. The molecule has 2 aliphatic rings. The maximum absolute atomic E-state index is 13.0. The third-order valence-corrected chi connectivity index (χ3v) is 7.42. The van der Waals surface area contributed by atoms with Crippen LogP contribution in [0, 0.1) is 0 Å². The molecule has 42 heavy (non-hydrogen) atoms. The highest BCUT2D eigenvalue weighted by Gasteiger charge is 2.48. The lowest BCUT2D eigenvalue weighted by atomic mass is 9.89. The molecule has 0 bridgehead atoms. The first-order chi connectivity index (χ1) is 19.9. The number of ether oxygens (including phenoxy) is 3. The van der Waals surface area contributed by atoms with Crippen LogP contribution in [0.25, 0.3) is 22.3 Å². The molecule has 0 aliphatic carbocycles. The summed E-state index contributed by atoms with van der Waals surface area (Å²) in [6.07, 6.45) is -16.8. The summed E-state index contributed by atoms with van der Waals surface area (Å²) in [5, 5.41) is 102. The molecule has 10 atom stereocenters. The van der Waals surface area contributed by atoms with E-state index in [4.69, 9.17) is 18.6 Å². The van der Waals surface area contributed by atoms with E-state index >= 15 is 0 Å². The van der Waals surface area contributed by atoms with Crippen molar-refractivity contribution in [3.8, 4) is 28.6 Å². The third-order valence-electron chi connectivity index (χ3n) is 7.42. The van der Waals surface area contributed by atoms with Crippen molar-refractivity contribution >= 4 is 11.0 Å². The number of aliphatic hydroxyl groups excluding tert-OH is 7. The lowest BCUT2D eigenvalue weighted by Gasteiger charge is -2.43.